The van der Waals surface area contributed by atoms with Crippen LogP contribution in [0.1, 0.15) is 18.4 Å². The van der Waals surface area contributed by atoms with Crippen LogP contribution in [-0.4, -0.2) is 63.3 Å². The highest BCUT2D eigenvalue weighted by Gasteiger charge is 2.32. The fraction of sp³-hybridized carbons (Fsp3) is 0.296. The summed E-state index contributed by atoms with van der Waals surface area (Å²) in [7, 11) is 0. The standard InChI is InChI=1S/C27H24FN7O2/c1-2-24(36)35-8-7-34(14-17(35)5-6-29)27-25-23(30-15-31-27)12-20(18-4-3-9-37-26(18)25)19-10-16(28)11-22-21(19)13-32-33-22/h2,10-13,15,17H,1,3-5,7-9,14H2,(H,32,33)/t17-/m0/s1. The van der Waals surface area contributed by atoms with Gasteiger partial charge in [0.2, 0.25) is 5.91 Å². The van der Waals surface area contributed by atoms with Gasteiger partial charge in [0.25, 0.3) is 0 Å². The average molecular weight is 498 g/mol. The molecule has 9 nitrogen and oxygen atoms in total. The fourth-order valence-corrected chi connectivity index (χ4v) is 5.50. The second kappa shape index (κ2) is 9.17. The van der Waals surface area contributed by atoms with Crippen molar-refractivity contribution in [1.82, 2.24) is 25.1 Å². The number of piperazine rings is 1. The van der Waals surface area contributed by atoms with E-state index in [1.165, 1.54) is 24.5 Å². The maximum Gasteiger partial charge on any atom is 0.246 e. The summed E-state index contributed by atoms with van der Waals surface area (Å²) in [5, 5.41) is 18.0. The van der Waals surface area contributed by atoms with E-state index in [2.05, 4.69) is 37.7 Å². The summed E-state index contributed by atoms with van der Waals surface area (Å²) >= 11 is 0. The lowest BCUT2D eigenvalue weighted by atomic mass is 9.90. The van der Waals surface area contributed by atoms with Gasteiger partial charge >= 0.3 is 0 Å². The van der Waals surface area contributed by atoms with E-state index < -0.39 is 0 Å². The second-order valence-electron chi connectivity index (χ2n) is 9.26. The third-order valence-electron chi connectivity index (χ3n) is 7.16. The quantitative estimate of drug-likeness (QED) is 0.428. The van der Waals surface area contributed by atoms with Crippen molar-refractivity contribution in [1.29, 1.82) is 5.26 Å². The number of nitrogens with zero attached hydrogens (tertiary/aromatic N) is 6. The van der Waals surface area contributed by atoms with Crippen LogP contribution in [0.15, 0.2) is 43.4 Å². The van der Waals surface area contributed by atoms with Gasteiger partial charge < -0.3 is 14.5 Å². The number of halogens is 1. The first-order valence-electron chi connectivity index (χ1n) is 12.2. The van der Waals surface area contributed by atoms with Crippen LogP contribution < -0.4 is 9.64 Å². The van der Waals surface area contributed by atoms with Crippen molar-refractivity contribution in [3.05, 3.63) is 54.8 Å². The van der Waals surface area contributed by atoms with Gasteiger partial charge in [-0.3, -0.25) is 9.89 Å². The predicted octanol–water partition coefficient (Wildman–Crippen LogP) is 3.75. The Bertz CT molecular complexity index is 1590. The summed E-state index contributed by atoms with van der Waals surface area (Å²) in [6, 6.07) is 6.85. The molecule has 2 aromatic heterocycles. The van der Waals surface area contributed by atoms with E-state index in [-0.39, 0.29) is 24.2 Å². The lowest BCUT2D eigenvalue weighted by Gasteiger charge is -2.41. The number of nitrogens with one attached hydrogen (secondary N) is 1. The molecule has 0 aliphatic carbocycles. The second-order valence-corrected chi connectivity index (χ2v) is 9.26. The number of aromatic nitrogens is 4. The number of rotatable bonds is 4. The molecule has 1 fully saturated rings. The number of anilines is 1. The van der Waals surface area contributed by atoms with Crippen LogP contribution in [-0.2, 0) is 11.2 Å². The Kier molecular flexibility index (Phi) is 5.68. The molecular formula is C27H24FN7O2. The topological polar surface area (TPSA) is 111 Å². The molecule has 1 saturated heterocycles. The molecule has 0 unspecified atom stereocenters. The molecule has 4 heterocycles. The van der Waals surface area contributed by atoms with Crippen LogP contribution in [0.4, 0.5) is 10.2 Å². The number of benzene rings is 2. The van der Waals surface area contributed by atoms with Crippen LogP contribution in [0, 0.1) is 17.1 Å². The molecule has 186 valence electrons. The molecule has 2 aliphatic heterocycles. The number of hydrogen-bond donors (Lipinski definition) is 1. The Labute approximate surface area is 212 Å². The Hall–Kier alpha value is -4.52. The first-order valence-corrected chi connectivity index (χ1v) is 12.2. The van der Waals surface area contributed by atoms with E-state index >= 15 is 0 Å². The number of carbonyl (C=O) groups is 1. The van der Waals surface area contributed by atoms with Crippen molar-refractivity contribution in [3.8, 4) is 22.9 Å². The van der Waals surface area contributed by atoms with Crippen LogP contribution in [0.25, 0.3) is 32.9 Å². The molecule has 2 aromatic carbocycles. The van der Waals surface area contributed by atoms with Crippen molar-refractivity contribution in [2.75, 3.05) is 31.1 Å². The summed E-state index contributed by atoms with van der Waals surface area (Å²) in [4.78, 5) is 25.4. The SMILES string of the molecule is C=CC(=O)N1CCN(c2ncnc3cc(-c4cc(F)cc5[nH]ncc45)c4c(c23)OCCC4)C[C@@H]1CC#N. The molecule has 2 aliphatic rings. The zero-order chi connectivity index (χ0) is 25.5. The van der Waals surface area contributed by atoms with E-state index in [1.807, 2.05) is 6.07 Å². The summed E-state index contributed by atoms with van der Waals surface area (Å²) in [6.45, 7) is 5.60. The third kappa shape index (κ3) is 3.83. The molecule has 0 spiro atoms. The molecule has 10 heteroatoms. The zero-order valence-electron chi connectivity index (χ0n) is 20.1. The molecule has 1 amide bonds. The smallest absolute Gasteiger partial charge is 0.246 e. The van der Waals surface area contributed by atoms with Crippen LogP contribution in [0.5, 0.6) is 5.75 Å². The van der Waals surface area contributed by atoms with Gasteiger partial charge in [-0.25, -0.2) is 14.4 Å². The summed E-state index contributed by atoms with van der Waals surface area (Å²) in [5.74, 6) is 0.877. The molecule has 0 bridgehead atoms. The normalized spacial score (nSPS) is 17.4. The maximum atomic E-state index is 14.6. The highest BCUT2D eigenvalue weighted by atomic mass is 19.1. The molecule has 4 aromatic rings. The van der Waals surface area contributed by atoms with E-state index in [4.69, 9.17) is 4.74 Å². The number of hydrogen-bond acceptors (Lipinski definition) is 7. The van der Waals surface area contributed by atoms with Crippen molar-refractivity contribution >= 4 is 33.5 Å². The Morgan fingerprint density at radius 1 is 1.30 bits per heavy atom. The molecule has 0 radical (unpaired) electrons. The number of amides is 1. The van der Waals surface area contributed by atoms with Crippen molar-refractivity contribution in [2.24, 2.45) is 0 Å². The van der Waals surface area contributed by atoms with Crippen molar-refractivity contribution in [2.45, 2.75) is 25.3 Å². The molecular weight excluding hydrogens is 473 g/mol. The van der Waals surface area contributed by atoms with Gasteiger partial charge in [0.1, 0.15) is 23.7 Å². The highest BCUT2D eigenvalue weighted by Crippen LogP contribution is 2.44. The van der Waals surface area contributed by atoms with Gasteiger partial charge in [0.15, 0.2) is 0 Å². The molecule has 1 atom stereocenters. The molecule has 1 N–H and O–H groups in total. The van der Waals surface area contributed by atoms with E-state index in [0.717, 1.165) is 40.3 Å². The summed E-state index contributed by atoms with van der Waals surface area (Å²) < 4.78 is 20.8. The number of H-pyrrole nitrogens is 1. The first kappa shape index (κ1) is 22.9. The predicted molar refractivity (Wildman–Crippen MR) is 137 cm³/mol. The maximum absolute atomic E-state index is 14.6. The minimum atomic E-state index is -0.351. The number of carbonyl (C=O) groups excluding carboxylic acids is 1. The van der Waals surface area contributed by atoms with E-state index in [0.29, 0.717) is 48.8 Å². The van der Waals surface area contributed by atoms with Crippen LogP contribution in [0.2, 0.25) is 0 Å². The minimum Gasteiger partial charge on any atom is -0.492 e. The Morgan fingerprint density at radius 3 is 3.03 bits per heavy atom. The van der Waals surface area contributed by atoms with Gasteiger partial charge in [0, 0.05) is 30.6 Å². The fourth-order valence-electron chi connectivity index (χ4n) is 5.50. The largest absolute Gasteiger partial charge is 0.492 e. The van der Waals surface area contributed by atoms with E-state index in [1.54, 1.807) is 11.1 Å². The monoisotopic (exact) mass is 497 g/mol. The van der Waals surface area contributed by atoms with Gasteiger partial charge in [-0.15, -0.1) is 0 Å². The Morgan fingerprint density at radius 2 is 2.19 bits per heavy atom. The summed E-state index contributed by atoms with van der Waals surface area (Å²) in [5.41, 5.74) is 3.89. The summed E-state index contributed by atoms with van der Waals surface area (Å²) in [6.07, 6.45) is 6.31. The average Bonchev–Trinajstić information content (AvgIpc) is 3.40. The number of ether oxygens (including phenoxy) is 1. The lowest BCUT2D eigenvalue weighted by molar-refractivity contribution is -0.128. The number of fused-ring (bicyclic) bond motifs is 4. The minimum absolute atomic E-state index is 0.182. The van der Waals surface area contributed by atoms with Gasteiger partial charge in [-0.05, 0) is 48.2 Å². The van der Waals surface area contributed by atoms with Crippen LogP contribution >= 0.6 is 0 Å². The molecule has 37 heavy (non-hydrogen) atoms. The molecule has 6 rings (SSSR count). The van der Waals surface area contributed by atoms with Gasteiger partial charge in [-0.1, -0.05) is 6.58 Å². The zero-order valence-corrected chi connectivity index (χ0v) is 20.1. The lowest BCUT2D eigenvalue weighted by Crippen LogP contribution is -2.55. The first-order chi connectivity index (χ1) is 18.1. The number of aromatic amines is 1. The Balaban J connectivity index is 1.50. The van der Waals surface area contributed by atoms with Crippen molar-refractivity contribution in [3.63, 3.8) is 0 Å². The van der Waals surface area contributed by atoms with Gasteiger partial charge in [-0.2, -0.15) is 10.4 Å². The number of nitriles is 1. The molecule has 0 saturated carbocycles. The van der Waals surface area contributed by atoms with Crippen LogP contribution in [0.3, 0.4) is 0 Å². The highest BCUT2D eigenvalue weighted by molar-refractivity contribution is 6.03. The van der Waals surface area contributed by atoms with E-state index in [9.17, 15) is 14.4 Å². The van der Waals surface area contributed by atoms with Crippen molar-refractivity contribution < 1.29 is 13.9 Å². The van der Waals surface area contributed by atoms with Gasteiger partial charge in [0.05, 0.1) is 47.8 Å². The third-order valence-corrected chi connectivity index (χ3v) is 7.16.